The Labute approximate surface area is 108 Å². The van der Waals surface area contributed by atoms with Gasteiger partial charge < -0.3 is 14.1 Å². The Morgan fingerprint density at radius 3 is 2.79 bits per heavy atom. The monoisotopic (exact) mass is 260 g/mol. The first-order valence-corrected chi connectivity index (χ1v) is 6.12. The highest BCUT2D eigenvalue weighted by molar-refractivity contribution is 5.79. The van der Waals surface area contributed by atoms with E-state index in [1.807, 2.05) is 0 Å². The summed E-state index contributed by atoms with van der Waals surface area (Å²) in [6, 6.07) is 7.92. The normalized spacial score (nSPS) is 11.5. The molecule has 1 aromatic carbocycles. The largest absolute Gasteiger partial charge is 0.396 e. The smallest absolute Gasteiger partial charge is 0.275 e. The van der Waals surface area contributed by atoms with Crippen molar-refractivity contribution in [2.75, 3.05) is 6.61 Å². The summed E-state index contributed by atoms with van der Waals surface area (Å²) in [5.74, 6) is -0.379. The zero-order valence-electron chi connectivity index (χ0n) is 10.2. The van der Waals surface area contributed by atoms with Gasteiger partial charge >= 0.3 is 0 Å². The number of aliphatic hydroxyl groups excluding tert-OH is 1. The van der Waals surface area contributed by atoms with Gasteiger partial charge in [-0.2, -0.15) is 0 Å². The number of halogens is 1. The Hall–Kier alpha value is -2.14. The second-order valence-corrected chi connectivity index (χ2v) is 4.43. The lowest BCUT2D eigenvalue weighted by atomic mass is 10.2. The number of aromatic nitrogens is 2. The summed E-state index contributed by atoms with van der Waals surface area (Å²) in [5, 5.41) is 8.92. The SMILES string of the molecule is O=c1c2cccn2c2ccc(F)cc2n1CCCO. The van der Waals surface area contributed by atoms with Crippen LogP contribution < -0.4 is 5.56 Å². The van der Waals surface area contributed by atoms with Crippen molar-refractivity contribution in [2.24, 2.45) is 0 Å². The second kappa shape index (κ2) is 4.51. The van der Waals surface area contributed by atoms with E-state index < -0.39 is 0 Å². The summed E-state index contributed by atoms with van der Waals surface area (Å²) in [7, 11) is 0. The molecule has 0 aliphatic heterocycles. The van der Waals surface area contributed by atoms with Gasteiger partial charge in [-0.1, -0.05) is 0 Å². The molecule has 5 heteroatoms. The van der Waals surface area contributed by atoms with Crippen LogP contribution in [0.4, 0.5) is 4.39 Å². The van der Waals surface area contributed by atoms with E-state index in [0.717, 1.165) is 5.52 Å². The molecule has 0 radical (unpaired) electrons. The van der Waals surface area contributed by atoms with Crippen LogP contribution in [0, 0.1) is 5.82 Å². The summed E-state index contributed by atoms with van der Waals surface area (Å²) in [6.45, 7) is 0.367. The van der Waals surface area contributed by atoms with Gasteiger partial charge in [-0.3, -0.25) is 4.79 Å². The Balaban J connectivity index is 2.43. The number of benzene rings is 1. The highest BCUT2D eigenvalue weighted by Gasteiger charge is 2.10. The number of fused-ring (bicyclic) bond motifs is 3. The quantitative estimate of drug-likeness (QED) is 0.780. The average Bonchev–Trinajstić information content (AvgIpc) is 2.88. The number of hydrogen-bond donors (Lipinski definition) is 1. The van der Waals surface area contributed by atoms with Gasteiger partial charge in [0.15, 0.2) is 0 Å². The Morgan fingerprint density at radius 2 is 2.00 bits per heavy atom. The van der Waals surface area contributed by atoms with E-state index in [-0.39, 0.29) is 18.0 Å². The molecular formula is C14H13FN2O2. The summed E-state index contributed by atoms with van der Waals surface area (Å²) in [6.07, 6.45) is 2.25. The fourth-order valence-electron chi connectivity index (χ4n) is 2.38. The zero-order valence-corrected chi connectivity index (χ0v) is 10.2. The number of hydrogen-bond acceptors (Lipinski definition) is 2. The number of rotatable bonds is 3. The molecule has 1 N–H and O–H groups in total. The van der Waals surface area contributed by atoms with Gasteiger partial charge in [0.2, 0.25) is 0 Å². The summed E-state index contributed by atoms with van der Waals surface area (Å²) >= 11 is 0. The Kier molecular flexibility index (Phi) is 2.83. The van der Waals surface area contributed by atoms with Crippen LogP contribution >= 0.6 is 0 Å². The van der Waals surface area contributed by atoms with Gasteiger partial charge in [0.1, 0.15) is 11.3 Å². The first-order chi connectivity index (χ1) is 9.22. The minimum Gasteiger partial charge on any atom is -0.396 e. The first kappa shape index (κ1) is 11.9. The fourth-order valence-corrected chi connectivity index (χ4v) is 2.38. The third-order valence-electron chi connectivity index (χ3n) is 3.24. The maximum absolute atomic E-state index is 13.4. The highest BCUT2D eigenvalue weighted by atomic mass is 19.1. The van der Waals surface area contributed by atoms with Crippen molar-refractivity contribution >= 4 is 16.6 Å². The zero-order chi connectivity index (χ0) is 13.4. The molecule has 0 bridgehead atoms. The predicted octanol–water partition coefficient (Wildman–Crippen LogP) is 1.78. The van der Waals surface area contributed by atoms with Crippen LogP contribution in [0.15, 0.2) is 41.3 Å². The molecule has 3 aromatic rings. The maximum Gasteiger partial charge on any atom is 0.275 e. The first-order valence-electron chi connectivity index (χ1n) is 6.12. The van der Waals surface area contributed by atoms with Crippen molar-refractivity contribution in [3.8, 4) is 0 Å². The molecule has 0 atom stereocenters. The Morgan fingerprint density at radius 1 is 1.16 bits per heavy atom. The van der Waals surface area contributed by atoms with Gasteiger partial charge in [-0.05, 0) is 36.8 Å². The van der Waals surface area contributed by atoms with Crippen molar-refractivity contribution in [1.29, 1.82) is 0 Å². The number of aliphatic hydroxyl groups is 1. The van der Waals surface area contributed by atoms with E-state index in [9.17, 15) is 9.18 Å². The third kappa shape index (κ3) is 1.82. The molecule has 4 nitrogen and oxygen atoms in total. The van der Waals surface area contributed by atoms with Gasteiger partial charge in [0.05, 0.1) is 11.0 Å². The number of aryl methyl sites for hydroxylation is 1. The van der Waals surface area contributed by atoms with Gasteiger partial charge in [-0.25, -0.2) is 4.39 Å². The predicted molar refractivity (Wildman–Crippen MR) is 70.8 cm³/mol. The molecule has 3 rings (SSSR count). The van der Waals surface area contributed by atoms with Gasteiger partial charge in [0.25, 0.3) is 5.56 Å². The fraction of sp³-hybridized carbons (Fsp3) is 0.214. The van der Waals surface area contributed by atoms with Crippen molar-refractivity contribution < 1.29 is 9.50 Å². The topological polar surface area (TPSA) is 46.6 Å². The van der Waals surface area contributed by atoms with Crippen molar-refractivity contribution in [2.45, 2.75) is 13.0 Å². The minimum absolute atomic E-state index is 0.00452. The van der Waals surface area contributed by atoms with Gasteiger partial charge in [0, 0.05) is 19.3 Å². The molecular weight excluding hydrogens is 247 g/mol. The molecule has 0 unspecified atom stereocenters. The Bertz CT molecular complexity index is 804. The molecule has 98 valence electrons. The summed E-state index contributed by atoms with van der Waals surface area (Å²) in [4.78, 5) is 12.4. The molecule has 0 aliphatic carbocycles. The van der Waals surface area contributed by atoms with Crippen LogP contribution in [0.5, 0.6) is 0 Å². The standard InChI is InChI=1S/C14H13FN2O2/c15-10-4-5-11-13(9-10)17(7-2-8-18)14(19)12-3-1-6-16(11)12/h1,3-6,9,18H,2,7-8H2. The minimum atomic E-state index is -0.379. The van der Waals surface area contributed by atoms with E-state index in [1.54, 1.807) is 28.8 Å². The van der Waals surface area contributed by atoms with E-state index in [1.165, 1.54) is 16.7 Å². The molecule has 2 aromatic heterocycles. The van der Waals surface area contributed by atoms with E-state index in [4.69, 9.17) is 5.11 Å². The lowest BCUT2D eigenvalue weighted by Crippen LogP contribution is -2.23. The van der Waals surface area contributed by atoms with E-state index in [2.05, 4.69) is 0 Å². The molecule has 2 heterocycles. The van der Waals surface area contributed by atoms with Crippen LogP contribution in [0.2, 0.25) is 0 Å². The van der Waals surface area contributed by atoms with Crippen LogP contribution in [0.1, 0.15) is 6.42 Å². The highest BCUT2D eigenvalue weighted by Crippen LogP contribution is 2.16. The lowest BCUT2D eigenvalue weighted by Gasteiger charge is -2.12. The molecule has 19 heavy (non-hydrogen) atoms. The molecule has 0 aliphatic rings. The average molecular weight is 260 g/mol. The van der Waals surface area contributed by atoms with Crippen LogP contribution in [-0.2, 0) is 6.54 Å². The summed E-state index contributed by atoms with van der Waals surface area (Å²) in [5.41, 5.74) is 1.70. The van der Waals surface area contributed by atoms with Crippen LogP contribution in [-0.4, -0.2) is 20.7 Å². The molecule has 0 saturated heterocycles. The van der Waals surface area contributed by atoms with Gasteiger partial charge in [-0.15, -0.1) is 0 Å². The van der Waals surface area contributed by atoms with E-state index in [0.29, 0.717) is 24.0 Å². The van der Waals surface area contributed by atoms with Crippen molar-refractivity contribution in [3.05, 3.63) is 52.7 Å². The summed E-state index contributed by atoms with van der Waals surface area (Å²) < 4.78 is 16.7. The molecule has 0 saturated carbocycles. The van der Waals surface area contributed by atoms with Crippen LogP contribution in [0.3, 0.4) is 0 Å². The molecule has 0 spiro atoms. The van der Waals surface area contributed by atoms with E-state index >= 15 is 0 Å². The molecule has 0 amide bonds. The van der Waals surface area contributed by atoms with Crippen molar-refractivity contribution in [3.63, 3.8) is 0 Å². The number of nitrogens with zero attached hydrogens (tertiary/aromatic N) is 2. The molecule has 0 fully saturated rings. The maximum atomic E-state index is 13.4. The second-order valence-electron chi connectivity index (χ2n) is 4.43. The third-order valence-corrected chi connectivity index (χ3v) is 3.24. The van der Waals surface area contributed by atoms with Crippen molar-refractivity contribution in [1.82, 2.24) is 8.97 Å². The van der Waals surface area contributed by atoms with Crippen LogP contribution in [0.25, 0.3) is 16.6 Å². The lowest BCUT2D eigenvalue weighted by molar-refractivity contribution is 0.280.